The molecular formula is C22H27N3O3. The summed E-state index contributed by atoms with van der Waals surface area (Å²) in [4.78, 5) is 12.5. The quantitative estimate of drug-likeness (QED) is 0.685. The fraction of sp³-hybridized carbons (Fsp3) is 0.364. The molecule has 0 saturated heterocycles. The van der Waals surface area contributed by atoms with E-state index in [1.807, 2.05) is 25.1 Å². The summed E-state index contributed by atoms with van der Waals surface area (Å²) < 4.78 is 11.1. The van der Waals surface area contributed by atoms with Gasteiger partial charge in [-0.1, -0.05) is 19.1 Å². The van der Waals surface area contributed by atoms with Crippen LogP contribution in [0.25, 0.3) is 0 Å². The zero-order chi connectivity index (χ0) is 20.5. The lowest BCUT2D eigenvalue weighted by atomic mass is 10.1. The van der Waals surface area contributed by atoms with E-state index in [-0.39, 0.29) is 11.9 Å². The summed E-state index contributed by atoms with van der Waals surface area (Å²) in [6.07, 6.45) is 0.923. The summed E-state index contributed by atoms with van der Waals surface area (Å²) in [6.45, 7) is 6.47. The Morgan fingerprint density at radius 1 is 1.18 bits per heavy atom. The number of ether oxygens (including phenoxy) is 2. The molecule has 2 unspecified atom stereocenters. The second-order valence-electron chi connectivity index (χ2n) is 6.55. The van der Waals surface area contributed by atoms with Crippen LogP contribution in [-0.2, 0) is 4.79 Å². The first kappa shape index (κ1) is 21.3. The second kappa shape index (κ2) is 10.3. The lowest BCUT2D eigenvalue weighted by Gasteiger charge is -2.21. The Hall–Kier alpha value is -3.04. The third-order valence-corrected chi connectivity index (χ3v) is 4.30. The molecule has 0 bridgehead atoms. The molecule has 0 fully saturated rings. The molecular weight excluding hydrogens is 354 g/mol. The number of amides is 1. The average Bonchev–Trinajstić information content (AvgIpc) is 2.71. The van der Waals surface area contributed by atoms with Crippen molar-refractivity contribution in [2.75, 3.05) is 19.0 Å². The Balaban J connectivity index is 2.01. The summed E-state index contributed by atoms with van der Waals surface area (Å²) in [7, 11) is 1.61. The number of nitrogens with one attached hydrogen (secondary N) is 2. The van der Waals surface area contributed by atoms with Crippen molar-refractivity contribution in [1.29, 1.82) is 5.26 Å². The topological polar surface area (TPSA) is 83.4 Å². The summed E-state index contributed by atoms with van der Waals surface area (Å²) in [5.74, 6) is 1.21. The molecule has 0 aromatic heterocycles. The van der Waals surface area contributed by atoms with Crippen LogP contribution in [0.4, 0.5) is 5.69 Å². The van der Waals surface area contributed by atoms with Crippen LogP contribution in [0.3, 0.4) is 0 Å². The van der Waals surface area contributed by atoms with E-state index >= 15 is 0 Å². The largest absolute Gasteiger partial charge is 0.493 e. The van der Waals surface area contributed by atoms with Crippen LogP contribution in [-0.4, -0.2) is 25.7 Å². The minimum atomic E-state index is -0.428. The number of carbonyl (C=O) groups is 1. The van der Waals surface area contributed by atoms with E-state index in [9.17, 15) is 4.79 Å². The second-order valence-corrected chi connectivity index (χ2v) is 6.55. The zero-order valence-electron chi connectivity index (χ0n) is 16.8. The first-order valence-corrected chi connectivity index (χ1v) is 9.36. The van der Waals surface area contributed by atoms with Crippen molar-refractivity contribution >= 4 is 11.6 Å². The molecule has 6 heteroatoms. The van der Waals surface area contributed by atoms with Crippen LogP contribution in [0.1, 0.15) is 44.4 Å². The van der Waals surface area contributed by atoms with Gasteiger partial charge in [0.05, 0.1) is 31.4 Å². The van der Waals surface area contributed by atoms with Gasteiger partial charge in [0.25, 0.3) is 0 Å². The molecule has 0 aliphatic heterocycles. The summed E-state index contributed by atoms with van der Waals surface area (Å²) in [6, 6.07) is 14.2. The highest BCUT2D eigenvalue weighted by Crippen LogP contribution is 2.30. The van der Waals surface area contributed by atoms with Gasteiger partial charge in [0.1, 0.15) is 0 Å². The van der Waals surface area contributed by atoms with Gasteiger partial charge in [0.15, 0.2) is 11.5 Å². The number of benzene rings is 2. The van der Waals surface area contributed by atoms with E-state index in [2.05, 4.69) is 23.6 Å². The molecule has 2 atom stereocenters. The highest BCUT2D eigenvalue weighted by atomic mass is 16.5. The van der Waals surface area contributed by atoms with E-state index in [4.69, 9.17) is 14.7 Å². The van der Waals surface area contributed by atoms with E-state index in [0.717, 1.165) is 12.0 Å². The van der Waals surface area contributed by atoms with Crippen LogP contribution >= 0.6 is 0 Å². The zero-order valence-corrected chi connectivity index (χ0v) is 16.8. The Kier molecular flexibility index (Phi) is 7.85. The van der Waals surface area contributed by atoms with Crippen LogP contribution in [0.2, 0.25) is 0 Å². The number of nitriles is 1. The van der Waals surface area contributed by atoms with Crippen LogP contribution in [0.5, 0.6) is 11.5 Å². The Labute approximate surface area is 166 Å². The lowest BCUT2D eigenvalue weighted by molar-refractivity contribution is -0.117. The molecule has 28 heavy (non-hydrogen) atoms. The summed E-state index contributed by atoms with van der Waals surface area (Å²) in [5, 5.41) is 15.1. The fourth-order valence-corrected chi connectivity index (χ4v) is 2.75. The predicted molar refractivity (Wildman–Crippen MR) is 110 cm³/mol. The number of methoxy groups -OCH3 is 1. The van der Waals surface area contributed by atoms with Crippen LogP contribution in [0, 0.1) is 11.3 Å². The predicted octanol–water partition coefficient (Wildman–Crippen LogP) is 4.03. The van der Waals surface area contributed by atoms with Gasteiger partial charge in [-0.25, -0.2) is 0 Å². The van der Waals surface area contributed by atoms with Gasteiger partial charge in [-0.05, 0) is 56.2 Å². The van der Waals surface area contributed by atoms with Crippen molar-refractivity contribution in [1.82, 2.24) is 5.32 Å². The van der Waals surface area contributed by atoms with Crippen LogP contribution in [0.15, 0.2) is 42.5 Å². The summed E-state index contributed by atoms with van der Waals surface area (Å²) >= 11 is 0. The van der Waals surface area contributed by atoms with Crippen molar-refractivity contribution in [3.8, 4) is 17.6 Å². The fourth-order valence-electron chi connectivity index (χ4n) is 2.75. The summed E-state index contributed by atoms with van der Waals surface area (Å²) in [5.41, 5.74) is 2.10. The molecule has 0 aliphatic rings. The lowest BCUT2D eigenvalue weighted by Crippen LogP contribution is -2.39. The molecule has 0 heterocycles. The molecule has 2 rings (SSSR count). The maximum atomic E-state index is 12.5. The number of hydrogen-bond acceptors (Lipinski definition) is 5. The molecule has 0 spiro atoms. The monoisotopic (exact) mass is 381 g/mol. The highest BCUT2D eigenvalue weighted by Gasteiger charge is 2.18. The van der Waals surface area contributed by atoms with Gasteiger partial charge < -0.3 is 14.8 Å². The Morgan fingerprint density at radius 3 is 2.64 bits per heavy atom. The number of anilines is 1. The number of rotatable bonds is 9. The maximum absolute atomic E-state index is 12.5. The highest BCUT2D eigenvalue weighted by molar-refractivity contribution is 5.94. The number of nitrogens with zero attached hydrogens (tertiary/aromatic N) is 1. The van der Waals surface area contributed by atoms with Crippen molar-refractivity contribution in [3.63, 3.8) is 0 Å². The third kappa shape index (κ3) is 5.73. The Bertz CT molecular complexity index is 845. The normalized spacial score (nSPS) is 12.5. The standard InChI is InChI=1S/C22H27N3O3/c1-5-11-28-20-10-9-18(13-21(20)27-4)15(2)24-16(3)22(26)25-19-8-6-7-17(12-19)14-23/h6-10,12-13,15-16,24H,5,11H2,1-4H3,(H,25,26). The minimum Gasteiger partial charge on any atom is -0.493 e. The SMILES string of the molecule is CCCOc1ccc(C(C)NC(C)C(=O)Nc2cccc(C#N)c2)cc1OC. The van der Waals surface area contributed by atoms with E-state index in [0.29, 0.717) is 29.4 Å². The van der Waals surface area contributed by atoms with E-state index in [1.54, 1.807) is 38.3 Å². The first-order valence-electron chi connectivity index (χ1n) is 9.36. The molecule has 6 nitrogen and oxygen atoms in total. The molecule has 2 N–H and O–H groups in total. The average molecular weight is 381 g/mol. The number of carbonyl (C=O) groups excluding carboxylic acids is 1. The molecule has 1 amide bonds. The van der Waals surface area contributed by atoms with Crippen LogP contribution < -0.4 is 20.1 Å². The van der Waals surface area contributed by atoms with Crippen molar-refractivity contribution in [3.05, 3.63) is 53.6 Å². The van der Waals surface area contributed by atoms with Crippen molar-refractivity contribution < 1.29 is 14.3 Å². The molecule has 0 saturated carbocycles. The van der Waals surface area contributed by atoms with Gasteiger partial charge in [0.2, 0.25) is 5.91 Å². The molecule has 2 aromatic rings. The first-order chi connectivity index (χ1) is 13.5. The smallest absolute Gasteiger partial charge is 0.241 e. The van der Waals surface area contributed by atoms with E-state index in [1.165, 1.54) is 0 Å². The van der Waals surface area contributed by atoms with Gasteiger partial charge in [0, 0.05) is 11.7 Å². The third-order valence-electron chi connectivity index (χ3n) is 4.30. The van der Waals surface area contributed by atoms with Crippen molar-refractivity contribution in [2.45, 2.75) is 39.3 Å². The van der Waals surface area contributed by atoms with Crippen molar-refractivity contribution in [2.24, 2.45) is 0 Å². The van der Waals surface area contributed by atoms with Gasteiger partial charge in [-0.15, -0.1) is 0 Å². The van der Waals surface area contributed by atoms with Gasteiger partial charge in [-0.2, -0.15) is 5.26 Å². The molecule has 148 valence electrons. The van der Waals surface area contributed by atoms with E-state index < -0.39 is 6.04 Å². The van der Waals surface area contributed by atoms with Gasteiger partial charge >= 0.3 is 0 Å². The minimum absolute atomic E-state index is 0.0692. The molecule has 0 aliphatic carbocycles. The van der Waals surface area contributed by atoms with Gasteiger partial charge in [-0.3, -0.25) is 10.1 Å². The number of hydrogen-bond donors (Lipinski definition) is 2. The molecule has 0 radical (unpaired) electrons. The Morgan fingerprint density at radius 2 is 1.96 bits per heavy atom. The maximum Gasteiger partial charge on any atom is 0.241 e. The molecule has 2 aromatic carbocycles.